The fourth-order valence-corrected chi connectivity index (χ4v) is 5.26. The van der Waals surface area contributed by atoms with Crippen LogP contribution >= 0.6 is 0 Å². The molecule has 0 saturated carbocycles. The quantitative estimate of drug-likeness (QED) is 0.691. The van der Waals surface area contributed by atoms with Gasteiger partial charge in [-0.1, -0.05) is 6.92 Å². The van der Waals surface area contributed by atoms with Gasteiger partial charge in [0.1, 0.15) is 16.4 Å². The van der Waals surface area contributed by atoms with E-state index in [1.807, 2.05) is 19.1 Å². The average Bonchev–Trinajstić information content (AvgIpc) is 2.72. The van der Waals surface area contributed by atoms with Gasteiger partial charge in [0.25, 0.3) is 10.0 Å². The van der Waals surface area contributed by atoms with Crippen LogP contribution in [0, 0.1) is 6.92 Å². The molecule has 2 aromatic rings. The third-order valence-corrected chi connectivity index (χ3v) is 7.47. The molecule has 1 unspecified atom stereocenters. The highest BCUT2D eigenvalue weighted by atomic mass is 32.2. The zero-order valence-corrected chi connectivity index (χ0v) is 20.4. The number of rotatable bonds is 5. The molecule has 0 radical (unpaired) electrons. The Morgan fingerprint density at radius 3 is 2.47 bits per heavy atom. The number of nitrogens with one attached hydrogen (secondary N) is 2. The number of hydrogen-bond donors (Lipinski definition) is 2. The van der Waals surface area contributed by atoms with Crippen LogP contribution in [0.25, 0.3) is 0 Å². The first-order valence-corrected chi connectivity index (χ1v) is 11.8. The van der Waals surface area contributed by atoms with E-state index < -0.39 is 16.1 Å². The van der Waals surface area contributed by atoms with E-state index in [2.05, 4.69) is 42.8 Å². The van der Waals surface area contributed by atoms with E-state index in [0.717, 1.165) is 23.2 Å². The number of ether oxygens (including phenoxy) is 2. The summed E-state index contributed by atoms with van der Waals surface area (Å²) in [4.78, 5) is 14.7. The number of sulfonamides is 1. The number of nitrogens with zero attached hydrogens (tertiary/aromatic N) is 1. The first-order chi connectivity index (χ1) is 14.9. The Balaban J connectivity index is 1.87. The molecule has 0 fully saturated rings. The molecule has 0 saturated heterocycles. The molecule has 2 aromatic carbocycles. The third-order valence-electron chi connectivity index (χ3n) is 6.12. The number of methoxy groups -OCH3 is 2. The van der Waals surface area contributed by atoms with E-state index in [0.29, 0.717) is 17.4 Å². The molecule has 32 heavy (non-hydrogen) atoms. The Labute approximate surface area is 190 Å². The number of benzene rings is 2. The molecular formula is C23H31N3O5S. The SMILES string of the molecule is COc1ccc(OC)c(S(=O)(=O)NC(=O)Nc2cc3c(cc2C)N(C)C(C)(C)CC3C)c1. The van der Waals surface area contributed by atoms with Crippen molar-refractivity contribution < 1.29 is 22.7 Å². The average molecular weight is 462 g/mol. The van der Waals surface area contributed by atoms with Gasteiger partial charge >= 0.3 is 6.03 Å². The minimum absolute atomic E-state index is 0.0229. The van der Waals surface area contributed by atoms with Gasteiger partial charge in [0, 0.05) is 30.0 Å². The molecule has 1 aliphatic heterocycles. The molecule has 0 aromatic heterocycles. The van der Waals surface area contributed by atoms with Crippen LogP contribution in [-0.2, 0) is 10.0 Å². The normalized spacial score (nSPS) is 17.3. The van der Waals surface area contributed by atoms with Gasteiger partial charge in [0.15, 0.2) is 0 Å². The number of aryl methyl sites for hydroxylation is 1. The lowest BCUT2D eigenvalue weighted by molar-refractivity contribution is 0.256. The van der Waals surface area contributed by atoms with E-state index in [4.69, 9.17) is 9.47 Å². The molecular weight excluding hydrogens is 430 g/mol. The second-order valence-corrected chi connectivity index (χ2v) is 10.4. The van der Waals surface area contributed by atoms with Crippen molar-refractivity contribution in [1.29, 1.82) is 0 Å². The first kappa shape index (κ1) is 23.7. The van der Waals surface area contributed by atoms with Crippen LogP contribution in [0.1, 0.15) is 44.2 Å². The summed E-state index contributed by atoms with van der Waals surface area (Å²) in [6, 6.07) is 7.46. The minimum Gasteiger partial charge on any atom is -0.497 e. The topological polar surface area (TPSA) is 97.0 Å². The maximum Gasteiger partial charge on any atom is 0.333 e. The maximum atomic E-state index is 12.9. The highest BCUT2D eigenvalue weighted by molar-refractivity contribution is 7.90. The summed E-state index contributed by atoms with van der Waals surface area (Å²) < 4.78 is 38.0. The van der Waals surface area contributed by atoms with E-state index in [1.54, 1.807) is 6.07 Å². The van der Waals surface area contributed by atoms with Crippen LogP contribution in [0.4, 0.5) is 16.2 Å². The first-order valence-electron chi connectivity index (χ1n) is 10.3. The van der Waals surface area contributed by atoms with Crippen LogP contribution in [0.2, 0.25) is 0 Å². The minimum atomic E-state index is -4.20. The van der Waals surface area contributed by atoms with Crippen LogP contribution in [0.5, 0.6) is 11.5 Å². The van der Waals surface area contributed by atoms with Crippen molar-refractivity contribution in [3.05, 3.63) is 41.5 Å². The van der Waals surface area contributed by atoms with Crippen molar-refractivity contribution in [3.8, 4) is 11.5 Å². The molecule has 8 nitrogen and oxygen atoms in total. The van der Waals surface area contributed by atoms with Gasteiger partial charge < -0.3 is 19.7 Å². The highest BCUT2D eigenvalue weighted by Crippen LogP contribution is 2.44. The van der Waals surface area contributed by atoms with E-state index >= 15 is 0 Å². The van der Waals surface area contributed by atoms with Gasteiger partial charge in [-0.15, -0.1) is 0 Å². The second kappa shape index (κ2) is 8.54. The Morgan fingerprint density at radius 2 is 1.84 bits per heavy atom. The van der Waals surface area contributed by atoms with E-state index in [-0.39, 0.29) is 16.2 Å². The number of carbonyl (C=O) groups excluding carboxylic acids is 1. The molecule has 9 heteroatoms. The third kappa shape index (κ3) is 4.48. The number of amides is 2. The van der Waals surface area contributed by atoms with Gasteiger partial charge in [-0.3, -0.25) is 0 Å². The Kier molecular flexibility index (Phi) is 6.33. The van der Waals surface area contributed by atoms with Crippen molar-refractivity contribution in [2.75, 3.05) is 31.5 Å². The van der Waals surface area contributed by atoms with Gasteiger partial charge in [0.05, 0.1) is 14.2 Å². The number of anilines is 2. The molecule has 0 spiro atoms. The highest BCUT2D eigenvalue weighted by Gasteiger charge is 2.34. The predicted octanol–water partition coefficient (Wildman–Crippen LogP) is 4.24. The summed E-state index contributed by atoms with van der Waals surface area (Å²) in [7, 11) is 0.657. The summed E-state index contributed by atoms with van der Waals surface area (Å²) in [5, 5.41) is 2.69. The molecule has 0 aliphatic carbocycles. The Bertz CT molecular complexity index is 1140. The van der Waals surface area contributed by atoms with Gasteiger partial charge in [0.2, 0.25) is 0 Å². The van der Waals surface area contributed by atoms with Crippen molar-refractivity contribution in [2.24, 2.45) is 0 Å². The summed E-state index contributed by atoms with van der Waals surface area (Å²) >= 11 is 0. The molecule has 174 valence electrons. The molecule has 1 atom stereocenters. The molecule has 0 bridgehead atoms. The molecule has 2 amide bonds. The second-order valence-electron chi connectivity index (χ2n) is 8.78. The van der Waals surface area contributed by atoms with Crippen molar-refractivity contribution in [2.45, 2.75) is 50.5 Å². The maximum absolute atomic E-state index is 12.9. The number of fused-ring (bicyclic) bond motifs is 1. The fraction of sp³-hybridized carbons (Fsp3) is 0.435. The van der Waals surface area contributed by atoms with Crippen molar-refractivity contribution in [1.82, 2.24) is 4.72 Å². The van der Waals surface area contributed by atoms with Crippen LogP contribution in [0.15, 0.2) is 35.2 Å². The van der Waals surface area contributed by atoms with Crippen molar-refractivity contribution in [3.63, 3.8) is 0 Å². The lowest BCUT2D eigenvalue weighted by Gasteiger charge is -2.45. The van der Waals surface area contributed by atoms with Crippen LogP contribution in [-0.4, -0.2) is 41.3 Å². The molecule has 1 heterocycles. The van der Waals surface area contributed by atoms with Gasteiger partial charge in [-0.25, -0.2) is 17.9 Å². The Morgan fingerprint density at radius 1 is 1.16 bits per heavy atom. The summed E-state index contributed by atoms with van der Waals surface area (Å²) in [6.45, 7) is 8.46. The zero-order valence-electron chi connectivity index (χ0n) is 19.6. The lowest BCUT2D eigenvalue weighted by atomic mass is 9.80. The van der Waals surface area contributed by atoms with Crippen molar-refractivity contribution >= 4 is 27.4 Å². The van der Waals surface area contributed by atoms with Gasteiger partial charge in [-0.05, 0) is 68.5 Å². The van der Waals surface area contributed by atoms with Gasteiger partial charge in [-0.2, -0.15) is 0 Å². The fourth-order valence-electron chi connectivity index (χ4n) is 4.17. The Hall–Kier alpha value is -2.94. The summed E-state index contributed by atoms with van der Waals surface area (Å²) in [6.07, 6.45) is 0.967. The predicted molar refractivity (Wildman–Crippen MR) is 126 cm³/mol. The number of hydrogen-bond acceptors (Lipinski definition) is 6. The number of carbonyl (C=O) groups is 1. The van der Waals surface area contributed by atoms with Crippen LogP contribution in [0.3, 0.4) is 0 Å². The van der Waals surface area contributed by atoms with E-state index in [1.165, 1.54) is 26.4 Å². The standard InChI is InChI=1S/C23H31N3O5S/c1-14-10-19-17(15(2)13-23(3,4)26(19)5)12-18(14)24-22(27)25-32(28,29)21-11-16(30-6)8-9-20(21)31-7/h8-12,15H,13H2,1-7H3,(H2,24,25,27). The van der Waals surface area contributed by atoms with E-state index in [9.17, 15) is 13.2 Å². The summed E-state index contributed by atoms with van der Waals surface area (Å²) in [5.41, 5.74) is 3.66. The molecule has 1 aliphatic rings. The monoisotopic (exact) mass is 461 g/mol. The zero-order chi connectivity index (χ0) is 23.8. The smallest absolute Gasteiger partial charge is 0.333 e. The molecule has 3 rings (SSSR count). The largest absolute Gasteiger partial charge is 0.497 e. The molecule has 2 N–H and O–H groups in total. The summed E-state index contributed by atoms with van der Waals surface area (Å²) in [5.74, 6) is 0.735. The lowest BCUT2D eigenvalue weighted by Crippen LogP contribution is -2.45. The number of urea groups is 1. The van der Waals surface area contributed by atoms with Crippen LogP contribution < -0.4 is 24.4 Å².